The van der Waals surface area contributed by atoms with Crippen molar-refractivity contribution < 1.29 is 9.90 Å². The zero-order valence-electron chi connectivity index (χ0n) is 21.1. The maximum Gasteiger partial charge on any atom is 0.256 e. The van der Waals surface area contributed by atoms with Gasteiger partial charge in [0.25, 0.3) is 5.91 Å². The maximum absolute atomic E-state index is 13.2. The molecule has 1 aliphatic carbocycles. The number of aliphatic hydroxyl groups is 1. The van der Waals surface area contributed by atoms with E-state index in [0.29, 0.717) is 17.2 Å². The van der Waals surface area contributed by atoms with Gasteiger partial charge >= 0.3 is 0 Å². The minimum atomic E-state index is -0.447. The van der Waals surface area contributed by atoms with Gasteiger partial charge in [0, 0.05) is 35.9 Å². The van der Waals surface area contributed by atoms with Crippen molar-refractivity contribution in [3.8, 4) is 0 Å². The standard InChI is InChI=1S/C27H32N8O2/c1-17(2)35-23-12-24(28-13-19(23)14-30-35)33-27-29-15-21(26(37)31-20-10-6-7-11-20)25(34-27)32-22(16-36)18-8-4-3-5-9-18/h3-5,8-9,12-15,17,20,22,36H,6-7,10-11,16H2,1-2H3,(H,31,37)(H2,28,29,32,33,34)/t22-/m1/s1. The van der Waals surface area contributed by atoms with E-state index in [4.69, 9.17) is 0 Å². The van der Waals surface area contributed by atoms with E-state index < -0.39 is 6.04 Å². The highest BCUT2D eigenvalue weighted by Gasteiger charge is 2.23. The number of benzene rings is 1. The summed E-state index contributed by atoms with van der Waals surface area (Å²) in [5, 5.41) is 25.0. The number of aromatic nitrogens is 5. The Morgan fingerprint density at radius 1 is 1.11 bits per heavy atom. The van der Waals surface area contributed by atoms with Crippen LogP contribution in [0.2, 0.25) is 0 Å². The SMILES string of the molecule is CC(C)n1ncc2cnc(Nc3ncc(C(=O)NC4CCCC4)c(N[C@H](CO)c4ccccc4)n3)cc21. The number of rotatable bonds is 9. The molecule has 0 bridgehead atoms. The van der Waals surface area contributed by atoms with Gasteiger partial charge in [0.1, 0.15) is 17.2 Å². The predicted octanol–water partition coefficient (Wildman–Crippen LogP) is 4.36. The van der Waals surface area contributed by atoms with Gasteiger partial charge in [-0.2, -0.15) is 10.1 Å². The van der Waals surface area contributed by atoms with Gasteiger partial charge in [-0.25, -0.2) is 9.97 Å². The molecule has 1 fully saturated rings. The molecule has 0 spiro atoms. The maximum atomic E-state index is 13.2. The van der Waals surface area contributed by atoms with Crippen LogP contribution in [0.5, 0.6) is 0 Å². The number of carbonyl (C=O) groups excluding carboxylic acids is 1. The van der Waals surface area contributed by atoms with Crippen molar-refractivity contribution >= 4 is 34.4 Å². The Balaban J connectivity index is 1.45. The summed E-state index contributed by atoms with van der Waals surface area (Å²) in [6, 6.07) is 11.4. The van der Waals surface area contributed by atoms with Gasteiger partial charge < -0.3 is 21.1 Å². The van der Waals surface area contributed by atoms with Gasteiger partial charge in [0.15, 0.2) is 0 Å². The monoisotopic (exact) mass is 500 g/mol. The fourth-order valence-electron chi connectivity index (χ4n) is 4.67. The summed E-state index contributed by atoms with van der Waals surface area (Å²) in [5.41, 5.74) is 2.16. The minimum Gasteiger partial charge on any atom is -0.394 e. The third-order valence-corrected chi connectivity index (χ3v) is 6.63. The lowest BCUT2D eigenvalue weighted by molar-refractivity contribution is 0.0938. The average Bonchev–Trinajstić information content (AvgIpc) is 3.57. The number of anilines is 3. The molecule has 4 aromatic rings. The summed E-state index contributed by atoms with van der Waals surface area (Å²) in [4.78, 5) is 26.7. The molecule has 0 unspecified atom stereocenters. The average molecular weight is 501 g/mol. The summed E-state index contributed by atoms with van der Waals surface area (Å²) < 4.78 is 1.93. The third-order valence-electron chi connectivity index (χ3n) is 6.63. The second-order valence-corrected chi connectivity index (χ2v) is 9.64. The normalized spacial score (nSPS) is 14.7. The summed E-state index contributed by atoms with van der Waals surface area (Å²) in [6.45, 7) is 3.97. The Bertz CT molecular complexity index is 1370. The van der Waals surface area contributed by atoms with Crippen molar-refractivity contribution in [3.05, 3.63) is 66.1 Å². The Kier molecular flexibility index (Phi) is 7.27. The van der Waals surface area contributed by atoms with Crippen molar-refractivity contribution in [2.24, 2.45) is 0 Å². The number of nitrogens with zero attached hydrogens (tertiary/aromatic N) is 5. The van der Waals surface area contributed by atoms with Gasteiger partial charge in [-0.1, -0.05) is 43.2 Å². The van der Waals surface area contributed by atoms with Crippen LogP contribution in [0.3, 0.4) is 0 Å². The van der Waals surface area contributed by atoms with E-state index in [1.807, 2.05) is 41.1 Å². The first-order valence-corrected chi connectivity index (χ1v) is 12.7. The largest absolute Gasteiger partial charge is 0.394 e. The van der Waals surface area contributed by atoms with Crippen molar-refractivity contribution in [1.82, 2.24) is 30.0 Å². The Morgan fingerprint density at radius 2 is 1.89 bits per heavy atom. The van der Waals surface area contributed by atoms with E-state index >= 15 is 0 Å². The summed E-state index contributed by atoms with van der Waals surface area (Å²) in [5.74, 6) is 0.952. The number of carbonyl (C=O) groups is 1. The first-order chi connectivity index (χ1) is 18.0. The molecule has 4 N–H and O–H groups in total. The smallest absolute Gasteiger partial charge is 0.256 e. The summed E-state index contributed by atoms with van der Waals surface area (Å²) in [6.07, 6.45) is 9.23. The molecular formula is C27H32N8O2. The number of hydrogen-bond acceptors (Lipinski definition) is 8. The van der Waals surface area contributed by atoms with Crippen LogP contribution in [0.15, 0.2) is 55.0 Å². The molecule has 0 aliphatic heterocycles. The Hall–Kier alpha value is -4.05. The number of aliphatic hydroxyl groups excluding tert-OH is 1. The van der Waals surface area contributed by atoms with Crippen LogP contribution in [-0.4, -0.2) is 48.4 Å². The molecule has 3 heterocycles. The Morgan fingerprint density at radius 3 is 2.62 bits per heavy atom. The van der Waals surface area contributed by atoms with Crippen LogP contribution in [0, 0.1) is 0 Å². The van der Waals surface area contributed by atoms with Crippen molar-refractivity contribution in [2.75, 3.05) is 17.2 Å². The molecule has 37 heavy (non-hydrogen) atoms. The fourth-order valence-corrected chi connectivity index (χ4v) is 4.67. The van der Waals surface area contributed by atoms with E-state index in [9.17, 15) is 9.90 Å². The molecule has 3 aromatic heterocycles. The van der Waals surface area contributed by atoms with Crippen LogP contribution in [-0.2, 0) is 0 Å². The van der Waals surface area contributed by atoms with Crippen LogP contribution < -0.4 is 16.0 Å². The molecule has 0 radical (unpaired) electrons. The van der Waals surface area contributed by atoms with Crippen LogP contribution in [0.25, 0.3) is 10.9 Å². The Labute approximate surface area is 215 Å². The molecule has 192 valence electrons. The van der Waals surface area contributed by atoms with E-state index in [-0.39, 0.29) is 30.5 Å². The van der Waals surface area contributed by atoms with Crippen LogP contribution in [0.1, 0.15) is 67.5 Å². The summed E-state index contributed by atoms with van der Waals surface area (Å²) >= 11 is 0. The van der Waals surface area contributed by atoms with Crippen LogP contribution >= 0.6 is 0 Å². The van der Waals surface area contributed by atoms with E-state index in [0.717, 1.165) is 42.1 Å². The van der Waals surface area contributed by atoms with Crippen LogP contribution in [0.4, 0.5) is 17.6 Å². The van der Waals surface area contributed by atoms with Gasteiger partial charge in [-0.05, 0) is 32.3 Å². The van der Waals surface area contributed by atoms with E-state index in [1.165, 1.54) is 6.20 Å². The van der Waals surface area contributed by atoms with E-state index in [2.05, 4.69) is 49.8 Å². The quantitative estimate of drug-likeness (QED) is 0.267. The molecule has 0 saturated heterocycles. The van der Waals surface area contributed by atoms with Gasteiger partial charge in [-0.15, -0.1) is 0 Å². The van der Waals surface area contributed by atoms with Crippen molar-refractivity contribution in [3.63, 3.8) is 0 Å². The first-order valence-electron chi connectivity index (χ1n) is 12.7. The third kappa shape index (κ3) is 5.54. The topological polar surface area (TPSA) is 130 Å². The molecule has 5 rings (SSSR count). The highest BCUT2D eigenvalue weighted by molar-refractivity contribution is 5.99. The number of amides is 1. The second-order valence-electron chi connectivity index (χ2n) is 9.64. The molecule has 1 aliphatic rings. The van der Waals surface area contributed by atoms with Gasteiger partial charge in [-0.3, -0.25) is 9.48 Å². The number of nitrogens with one attached hydrogen (secondary N) is 3. The van der Waals surface area contributed by atoms with E-state index in [1.54, 1.807) is 12.4 Å². The molecule has 10 nitrogen and oxygen atoms in total. The molecule has 1 atom stereocenters. The summed E-state index contributed by atoms with van der Waals surface area (Å²) in [7, 11) is 0. The van der Waals surface area contributed by atoms with Gasteiger partial charge in [0.2, 0.25) is 5.95 Å². The molecule has 1 aromatic carbocycles. The lowest BCUT2D eigenvalue weighted by Gasteiger charge is -2.20. The zero-order valence-corrected chi connectivity index (χ0v) is 21.1. The first kappa shape index (κ1) is 24.6. The minimum absolute atomic E-state index is 0.155. The number of pyridine rings is 1. The van der Waals surface area contributed by atoms with Gasteiger partial charge in [0.05, 0.1) is 24.4 Å². The van der Waals surface area contributed by atoms with Crippen molar-refractivity contribution in [2.45, 2.75) is 57.7 Å². The molecule has 10 heteroatoms. The molecule has 1 saturated carbocycles. The number of hydrogen-bond donors (Lipinski definition) is 4. The highest BCUT2D eigenvalue weighted by atomic mass is 16.3. The van der Waals surface area contributed by atoms with Crippen molar-refractivity contribution in [1.29, 1.82) is 0 Å². The lowest BCUT2D eigenvalue weighted by atomic mass is 10.1. The zero-order chi connectivity index (χ0) is 25.8. The molecule has 1 amide bonds. The predicted molar refractivity (Wildman–Crippen MR) is 143 cm³/mol. The fraction of sp³-hybridized carbons (Fsp3) is 0.370. The number of fused-ring (bicyclic) bond motifs is 1. The second kappa shape index (κ2) is 10.9. The lowest BCUT2D eigenvalue weighted by Crippen LogP contribution is -2.33. The molecular weight excluding hydrogens is 468 g/mol. The highest BCUT2D eigenvalue weighted by Crippen LogP contribution is 2.25.